The molecule has 0 aliphatic heterocycles. The summed E-state index contributed by atoms with van der Waals surface area (Å²) in [7, 11) is 1.64. The summed E-state index contributed by atoms with van der Waals surface area (Å²) in [6.07, 6.45) is 0.809. The van der Waals surface area contributed by atoms with E-state index in [-0.39, 0.29) is 12.5 Å². The van der Waals surface area contributed by atoms with Crippen LogP contribution in [0.4, 0.5) is 5.69 Å². The molecule has 1 aromatic carbocycles. The van der Waals surface area contributed by atoms with Crippen molar-refractivity contribution in [3.63, 3.8) is 0 Å². The molecule has 100 valence electrons. The number of benzene rings is 1. The monoisotopic (exact) mass is 334 g/mol. The number of hydrogen-bond donors (Lipinski definition) is 2. The first-order chi connectivity index (χ1) is 8.65. The second-order valence-corrected chi connectivity index (χ2v) is 4.85. The third kappa shape index (κ3) is 5.25. The minimum Gasteiger partial charge on any atom is -0.385 e. The van der Waals surface area contributed by atoms with Crippen LogP contribution in [0.5, 0.6) is 0 Å². The average molecular weight is 336 g/mol. The molecule has 4 nitrogen and oxygen atoms in total. The van der Waals surface area contributed by atoms with Gasteiger partial charge >= 0.3 is 0 Å². The quantitative estimate of drug-likeness (QED) is 0.753. The van der Waals surface area contributed by atoms with Crippen molar-refractivity contribution in [1.29, 1.82) is 0 Å². The Morgan fingerprint density at radius 1 is 1.50 bits per heavy atom. The maximum Gasteiger partial charge on any atom is 0.239 e. The van der Waals surface area contributed by atoms with Crippen molar-refractivity contribution in [2.75, 3.05) is 32.1 Å². The number of amides is 1. The minimum absolute atomic E-state index is 0.0574. The summed E-state index contributed by atoms with van der Waals surface area (Å²) in [5.74, 6) is -0.0574. The van der Waals surface area contributed by atoms with E-state index in [1.165, 1.54) is 0 Å². The van der Waals surface area contributed by atoms with Crippen molar-refractivity contribution < 1.29 is 9.53 Å². The van der Waals surface area contributed by atoms with Crippen LogP contribution in [-0.2, 0) is 9.53 Å². The van der Waals surface area contributed by atoms with Gasteiger partial charge in [0.15, 0.2) is 0 Å². The van der Waals surface area contributed by atoms with Crippen molar-refractivity contribution in [3.8, 4) is 0 Å². The zero-order valence-corrected chi connectivity index (χ0v) is 12.5. The highest BCUT2D eigenvalue weighted by molar-refractivity contribution is 9.10. The van der Waals surface area contributed by atoms with Gasteiger partial charge in [0.05, 0.1) is 21.7 Å². The van der Waals surface area contributed by atoms with Crippen LogP contribution in [0.25, 0.3) is 0 Å². The van der Waals surface area contributed by atoms with E-state index < -0.39 is 0 Å². The molecule has 6 heteroatoms. The van der Waals surface area contributed by atoms with E-state index in [0.29, 0.717) is 18.2 Å². The van der Waals surface area contributed by atoms with Gasteiger partial charge in [-0.1, -0.05) is 17.7 Å². The first-order valence-corrected chi connectivity index (χ1v) is 6.75. The van der Waals surface area contributed by atoms with Crippen molar-refractivity contribution in [2.45, 2.75) is 6.42 Å². The van der Waals surface area contributed by atoms with Gasteiger partial charge in [-0.25, -0.2) is 0 Å². The molecule has 18 heavy (non-hydrogen) atoms. The Bertz CT molecular complexity index is 402. The summed E-state index contributed by atoms with van der Waals surface area (Å²) in [4.78, 5) is 11.5. The molecule has 1 rings (SSSR count). The maximum atomic E-state index is 11.5. The Labute approximate surface area is 120 Å². The number of halogens is 2. The number of carbonyl (C=O) groups is 1. The first kappa shape index (κ1) is 15.3. The summed E-state index contributed by atoms with van der Waals surface area (Å²) in [6.45, 7) is 1.48. The fraction of sp³-hybridized carbons (Fsp3) is 0.417. The highest BCUT2D eigenvalue weighted by Crippen LogP contribution is 2.29. The molecule has 0 atom stereocenters. The van der Waals surface area contributed by atoms with E-state index in [1.807, 2.05) is 12.1 Å². The van der Waals surface area contributed by atoms with Crippen LogP contribution in [0.2, 0.25) is 5.02 Å². The van der Waals surface area contributed by atoms with Crippen LogP contribution in [0, 0.1) is 0 Å². The molecule has 0 fully saturated rings. The molecule has 0 saturated carbocycles. The zero-order chi connectivity index (χ0) is 13.4. The predicted molar refractivity (Wildman–Crippen MR) is 77.1 cm³/mol. The molecule has 1 amide bonds. The van der Waals surface area contributed by atoms with Gasteiger partial charge in [-0.3, -0.25) is 4.79 Å². The molecule has 0 radical (unpaired) electrons. The second kappa shape index (κ2) is 8.34. The molecule has 0 aliphatic rings. The Kier molecular flexibility index (Phi) is 7.08. The largest absolute Gasteiger partial charge is 0.385 e. The number of carbonyl (C=O) groups excluding carboxylic acids is 1. The highest BCUT2D eigenvalue weighted by Gasteiger charge is 2.05. The Morgan fingerprint density at radius 3 is 3.00 bits per heavy atom. The Balaban J connectivity index is 2.32. The highest BCUT2D eigenvalue weighted by atomic mass is 79.9. The average Bonchev–Trinajstić information content (AvgIpc) is 2.36. The van der Waals surface area contributed by atoms with E-state index in [0.717, 1.165) is 16.6 Å². The standard InChI is InChI=1S/C12H16BrClN2O2/c1-18-7-3-6-15-11(17)8-16-10-5-2-4-9(14)12(10)13/h2,4-5,16H,3,6-8H2,1H3,(H,15,17). The predicted octanol–water partition coefficient (Wildman–Crippen LogP) is 2.67. The zero-order valence-electron chi connectivity index (χ0n) is 10.1. The van der Waals surface area contributed by atoms with Gasteiger partial charge < -0.3 is 15.4 Å². The van der Waals surface area contributed by atoms with Crippen LogP contribution in [-0.4, -0.2) is 32.7 Å². The third-order valence-corrected chi connectivity index (χ3v) is 3.64. The Morgan fingerprint density at radius 2 is 2.28 bits per heavy atom. The summed E-state index contributed by atoms with van der Waals surface area (Å²) in [5.41, 5.74) is 0.801. The molecule has 0 unspecified atom stereocenters. The lowest BCUT2D eigenvalue weighted by atomic mass is 10.3. The summed E-state index contributed by atoms with van der Waals surface area (Å²) < 4.78 is 5.66. The summed E-state index contributed by atoms with van der Waals surface area (Å²) >= 11 is 9.31. The summed E-state index contributed by atoms with van der Waals surface area (Å²) in [6, 6.07) is 5.46. The van der Waals surface area contributed by atoms with Gasteiger partial charge in [0.2, 0.25) is 5.91 Å². The molecule has 0 bridgehead atoms. The van der Waals surface area contributed by atoms with Crippen molar-refractivity contribution in [2.24, 2.45) is 0 Å². The molecular formula is C12H16BrClN2O2. The van der Waals surface area contributed by atoms with Gasteiger partial charge in [0, 0.05) is 20.3 Å². The lowest BCUT2D eigenvalue weighted by Gasteiger charge is -2.09. The number of rotatable bonds is 7. The van der Waals surface area contributed by atoms with E-state index >= 15 is 0 Å². The lowest BCUT2D eigenvalue weighted by molar-refractivity contribution is -0.119. The van der Waals surface area contributed by atoms with Crippen LogP contribution in [0.1, 0.15) is 6.42 Å². The molecular weight excluding hydrogens is 320 g/mol. The van der Waals surface area contributed by atoms with E-state index in [2.05, 4.69) is 26.6 Å². The van der Waals surface area contributed by atoms with Crippen molar-refractivity contribution >= 4 is 39.1 Å². The van der Waals surface area contributed by atoms with Gasteiger partial charge in [0.25, 0.3) is 0 Å². The molecule has 0 saturated heterocycles. The molecule has 0 aliphatic carbocycles. The molecule has 0 spiro atoms. The number of hydrogen-bond acceptors (Lipinski definition) is 3. The van der Waals surface area contributed by atoms with Gasteiger partial charge in [-0.05, 0) is 34.5 Å². The van der Waals surface area contributed by atoms with Crippen molar-refractivity contribution in [1.82, 2.24) is 5.32 Å². The minimum atomic E-state index is -0.0574. The Hall–Kier alpha value is -0.780. The molecule has 0 aromatic heterocycles. The second-order valence-electron chi connectivity index (χ2n) is 3.65. The van der Waals surface area contributed by atoms with Gasteiger partial charge in [-0.15, -0.1) is 0 Å². The van der Waals surface area contributed by atoms with Crippen LogP contribution in [0.15, 0.2) is 22.7 Å². The van der Waals surface area contributed by atoms with Crippen LogP contribution in [0.3, 0.4) is 0 Å². The lowest BCUT2D eigenvalue weighted by Crippen LogP contribution is -2.31. The van der Waals surface area contributed by atoms with E-state index in [4.69, 9.17) is 16.3 Å². The normalized spacial score (nSPS) is 10.2. The molecule has 2 N–H and O–H groups in total. The maximum absolute atomic E-state index is 11.5. The third-order valence-electron chi connectivity index (χ3n) is 2.24. The molecule has 1 aromatic rings. The number of anilines is 1. The topological polar surface area (TPSA) is 50.4 Å². The number of nitrogens with one attached hydrogen (secondary N) is 2. The number of ether oxygens (including phenoxy) is 1. The van der Waals surface area contributed by atoms with Gasteiger partial charge in [0.1, 0.15) is 0 Å². The first-order valence-electron chi connectivity index (χ1n) is 5.58. The van der Waals surface area contributed by atoms with E-state index in [1.54, 1.807) is 13.2 Å². The SMILES string of the molecule is COCCCNC(=O)CNc1cccc(Cl)c1Br. The summed E-state index contributed by atoms with van der Waals surface area (Å²) in [5, 5.41) is 6.42. The number of methoxy groups -OCH3 is 1. The molecule has 0 heterocycles. The van der Waals surface area contributed by atoms with Crippen LogP contribution < -0.4 is 10.6 Å². The fourth-order valence-corrected chi connectivity index (χ4v) is 1.90. The van der Waals surface area contributed by atoms with Gasteiger partial charge in [-0.2, -0.15) is 0 Å². The smallest absolute Gasteiger partial charge is 0.239 e. The van der Waals surface area contributed by atoms with Crippen molar-refractivity contribution in [3.05, 3.63) is 27.7 Å². The fourth-order valence-electron chi connectivity index (χ4n) is 1.32. The van der Waals surface area contributed by atoms with E-state index in [9.17, 15) is 4.79 Å². The van der Waals surface area contributed by atoms with Crippen LogP contribution >= 0.6 is 27.5 Å².